The Morgan fingerprint density at radius 3 is 2.58 bits per heavy atom. The molecular weight excluding hydrogens is 476 g/mol. The van der Waals surface area contributed by atoms with Crippen LogP contribution in [0.4, 0.5) is 5.13 Å². The number of ether oxygens (including phenoxy) is 1. The first kappa shape index (κ1) is 25.1. The molecule has 8 heteroatoms. The summed E-state index contributed by atoms with van der Waals surface area (Å²) in [5.41, 5.74) is 1.81. The number of anilines is 1. The van der Waals surface area contributed by atoms with E-state index >= 15 is 0 Å². The quantitative estimate of drug-likeness (QED) is 0.301. The van der Waals surface area contributed by atoms with Crippen molar-refractivity contribution in [2.45, 2.75) is 33.2 Å². The molecule has 1 unspecified atom stereocenters. The van der Waals surface area contributed by atoms with E-state index in [9.17, 15) is 19.5 Å². The van der Waals surface area contributed by atoms with Gasteiger partial charge in [-0.05, 0) is 42.7 Å². The first-order valence-electron chi connectivity index (χ1n) is 11.6. The van der Waals surface area contributed by atoms with Crippen LogP contribution < -0.4 is 9.64 Å². The zero-order valence-corrected chi connectivity index (χ0v) is 21.0. The molecule has 0 saturated heterocycles. The molecule has 1 aliphatic heterocycles. The highest BCUT2D eigenvalue weighted by molar-refractivity contribution is 7.17. The molecule has 2 heterocycles. The average molecular weight is 503 g/mol. The van der Waals surface area contributed by atoms with Crippen LogP contribution in [0.2, 0.25) is 0 Å². The number of carbonyl (C=O) groups excluding carboxylic acids is 3. The Hall–Kier alpha value is -4.04. The van der Waals surface area contributed by atoms with Gasteiger partial charge < -0.3 is 9.84 Å². The lowest BCUT2D eigenvalue weighted by molar-refractivity contribution is -0.117. The molecule has 1 aromatic heterocycles. The zero-order chi connectivity index (χ0) is 25.8. The third-order valence-corrected chi connectivity index (χ3v) is 6.92. The Kier molecular flexibility index (Phi) is 7.45. The summed E-state index contributed by atoms with van der Waals surface area (Å²) in [6.07, 6.45) is 3.80. The van der Waals surface area contributed by atoms with Gasteiger partial charge in [-0.15, -0.1) is 0 Å². The van der Waals surface area contributed by atoms with Crippen molar-refractivity contribution in [3.05, 3.63) is 93.7 Å². The highest BCUT2D eigenvalue weighted by Crippen LogP contribution is 2.43. The maximum Gasteiger partial charge on any atom is 0.296 e. The van der Waals surface area contributed by atoms with E-state index in [0.717, 1.165) is 23.3 Å². The Morgan fingerprint density at radius 2 is 1.92 bits per heavy atom. The number of carbonyl (C=O) groups is 3. The van der Waals surface area contributed by atoms with Gasteiger partial charge in [0.05, 0.1) is 28.8 Å². The van der Waals surface area contributed by atoms with Gasteiger partial charge >= 0.3 is 0 Å². The van der Waals surface area contributed by atoms with Crippen LogP contribution in [0.3, 0.4) is 0 Å². The molecule has 0 bridgehead atoms. The summed E-state index contributed by atoms with van der Waals surface area (Å²) in [7, 11) is 0. The molecule has 1 atom stereocenters. The molecule has 1 amide bonds. The van der Waals surface area contributed by atoms with Crippen LogP contribution in [0.5, 0.6) is 5.75 Å². The van der Waals surface area contributed by atoms with E-state index in [0.29, 0.717) is 28.5 Å². The van der Waals surface area contributed by atoms with Crippen LogP contribution in [0.15, 0.2) is 72.0 Å². The summed E-state index contributed by atoms with van der Waals surface area (Å²) in [5, 5.41) is 11.1. The Labute approximate surface area is 213 Å². The number of aliphatic hydroxyl groups is 1. The standard InChI is InChI=1S/C28H26N2O5S/c1-4-15-35-21-12-8-11-20(16-21)24-23(22(32)14-13-19-9-6-5-7-10-19)25(33)27(34)30(24)28-29-17(2)26(36-28)18(3)31/h5-14,16,24,33H,4,15H2,1-3H3. The number of amides is 1. The lowest BCUT2D eigenvalue weighted by Gasteiger charge is -2.24. The fraction of sp³-hybridized carbons (Fsp3) is 0.214. The number of hydrogen-bond donors (Lipinski definition) is 1. The van der Waals surface area contributed by atoms with Gasteiger partial charge in [-0.3, -0.25) is 19.3 Å². The van der Waals surface area contributed by atoms with Crippen molar-refractivity contribution >= 4 is 40.0 Å². The lowest BCUT2D eigenvalue weighted by Crippen LogP contribution is -2.30. The van der Waals surface area contributed by atoms with Gasteiger partial charge in [0.15, 0.2) is 22.5 Å². The molecule has 0 radical (unpaired) electrons. The van der Waals surface area contributed by atoms with E-state index in [1.807, 2.05) is 37.3 Å². The molecular formula is C28H26N2O5S. The van der Waals surface area contributed by atoms with Gasteiger partial charge in [0.25, 0.3) is 5.91 Å². The van der Waals surface area contributed by atoms with Crippen molar-refractivity contribution in [3.63, 3.8) is 0 Å². The topological polar surface area (TPSA) is 96.8 Å². The predicted octanol–water partition coefficient (Wildman–Crippen LogP) is 5.63. The zero-order valence-electron chi connectivity index (χ0n) is 20.2. The van der Waals surface area contributed by atoms with E-state index in [1.54, 1.807) is 37.3 Å². The minimum Gasteiger partial charge on any atom is -0.503 e. The van der Waals surface area contributed by atoms with Crippen LogP contribution in [-0.4, -0.2) is 34.2 Å². The van der Waals surface area contributed by atoms with Gasteiger partial charge in [-0.2, -0.15) is 0 Å². The largest absolute Gasteiger partial charge is 0.503 e. The Balaban J connectivity index is 1.81. The lowest BCUT2D eigenvalue weighted by atomic mass is 9.95. The predicted molar refractivity (Wildman–Crippen MR) is 139 cm³/mol. The van der Waals surface area contributed by atoms with Crippen LogP contribution in [0, 0.1) is 6.92 Å². The van der Waals surface area contributed by atoms with Crippen molar-refractivity contribution in [3.8, 4) is 5.75 Å². The number of rotatable bonds is 9. The smallest absolute Gasteiger partial charge is 0.296 e. The summed E-state index contributed by atoms with van der Waals surface area (Å²) in [4.78, 5) is 44.9. The maximum absolute atomic E-state index is 13.4. The average Bonchev–Trinajstić information content (AvgIpc) is 3.39. The molecule has 0 saturated carbocycles. The second-order valence-corrected chi connectivity index (χ2v) is 9.31. The second-order valence-electron chi connectivity index (χ2n) is 8.34. The first-order valence-corrected chi connectivity index (χ1v) is 12.4. The number of ketones is 2. The molecule has 0 aliphatic carbocycles. The fourth-order valence-electron chi connectivity index (χ4n) is 4.00. The molecule has 36 heavy (non-hydrogen) atoms. The monoisotopic (exact) mass is 502 g/mol. The third-order valence-electron chi connectivity index (χ3n) is 5.66. The van der Waals surface area contributed by atoms with Crippen molar-refractivity contribution in [2.24, 2.45) is 0 Å². The van der Waals surface area contributed by atoms with Crippen LogP contribution in [-0.2, 0) is 9.59 Å². The molecule has 1 N–H and O–H groups in total. The van der Waals surface area contributed by atoms with Crippen molar-refractivity contribution in [1.29, 1.82) is 0 Å². The van der Waals surface area contributed by atoms with Crippen LogP contribution >= 0.6 is 11.3 Å². The maximum atomic E-state index is 13.4. The summed E-state index contributed by atoms with van der Waals surface area (Å²) < 4.78 is 5.77. The fourth-order valence-corrected chi connectivity index (χ4v) is 4.99. The minimum absolute atomic E-state index is 0.0583. The van der Waals surface area contributed by atoms with Gasteiger partial charge in [0.2, 0.25) is 0 Å². The number of aliphatic hydroxyl groups excluding tert-OH is 1. The number of hydrogen-bond acceptors (Lipinski definition) is 7. The van der Waals surface area contributed by atoms with Crippen molar-refractivity contribution in [2.75, 3.05) is 11.5 Å². The highest BCUT2D eigenvalue weighted by Gasteiger charge is 2.45. The van der Waals surface area contributed by atoms with Crippen molar-refractivity contribution < 1.29 is 24.2 Å². The number of aromatic nitrogens is 1. The third kappa shape index (κ3) is 4.99. The minimum atomic E-state index is -0.944. The number of allylic oxidation sites excluding steroid dienone is 1. The summed E-state index contributed by atoms with van der Waals surface area (Å²) in [6.45, 7) is 5.63. The molecule has 2 aromatic carbocycles. The molecule has 0 spiro atoms. The number of aryl methyl sites for hydroxylation is 1. The molecule has 7 nitrogen and oxygen atoms in total. The van der Waals surface area contributed by atoms with Crippen LogP contribution in [0.1, 0.15) is 52.8 Å². The highest BCUT2D eigenvalue weighted by atomic mass is 32.1. The van der Waals surface area contributed by atoms with E-state index in [1.165, 1.54) is 17.9 Å². The number of nitrogens with zero attached hydrogens (tertiary/aromatic N) is 2. The summed E-state index contributed by atoms with van der Waals surface area (Å²) >= 11 is 1.06. The molecule has 3 aromatic rings. The Bertz CT molecular complexity index is 1370. The van der Waals surface area contributed by atoms with Crippen molar-refractivity contribution in [1.82, 2.24) is 4.98 Å². The molecule has 0 fully saturated rings. The van der Waals surface area contributed by atoms with Gasteiger partial charge in [-0.1, -0.05) is 66.8 Å². The van der Waals surface area contributed by atoms with Crippen LogP contribution in [0.25, 0.3) is 6.08 Å². The first-order chi connectivity index (χ1) is 17.3. The van der Waals surface area contributed by atoms with Gasteiger partial charge in [0, 0.05) is 6.92 Å². The number of benzene rings is 2. The van der Waals surface area contributed by atoms with E-state index in [2.05, 4.69) is 4.98 Å². The molecule has 184 valence electrons. The summed E-state index contributed by atoms with van der Waals surface area (Å²) in [6, 6.07) is 15.4. The van der Waals surface area contributed by atoms with Gasteiger partial charge in [0.1, 0.15) is 5.75 Å². The number of thiazole rings is 1. The Morgan fingerprint density at radius 1 is 1.17 bits per heavy atom. The molecule has 1 aliphatic rings. The van der Waals surface area contributed by atoms with E-state index in [4.69, 9.17) is 4.74 Å². The second kappa shape index (κ2) is 10.7. The summed E-state index contributed by atoms with van der Waals surface area (Å²) in [5.74, 6) is -1.48. The number of Topliss-reactive ketones (excluding diaryl/α,β-unsaturated/α-hetero) is 1. The van der Waals surface area contributed by atoms with E-state index < -0.39 is 23.5 Å². The van der Waals surface area contributed by atoms with Gasteiger partial charge in [-0.25, -0.2) is 4.98 Å². The normalized spacial score (nSPS) is 15.7. The SMILES string of the molecule is CCCOc1cccc(C2C(C(=O)C=Cc3ccccc3)=C(O)C(=O)N2c2nc(C)c(C(C)=O)s2)c1. The van der Waals surface area contributed by atoms with E-state index in [-0.39, 0.29) is 16.5 Å². The molecule has 4 rings (SSSR count).